The maximum absolute atomic E-state index is 12.8. The normalized spacial score (nSPS) is 14.1. The van der Waals surface area contributed by atoms with Gasteiger partial charge in [-0.1, -0.05) is 44.2 Å². The fraction of sp³-hybridized carbons (Fsp3) is 0.478. The van der Waals surface area contributed by atoms with Crippen LogP contribution in [0.5, 0.6) is 0 Å². The molecule has 198 valence electrons. The number of carbonyl (C=O) groups excluding carboxylic acids is 4. The first-order valence-electron chi connectivity index (χ1n) is 11.2. The Morgan fingerprint density at radius 1 is 0.806 bits per heavy atom. The van der Waals surface area contributed by atoms with Gasteiger partial charge in [-0.2, -0.15) is 0 Å². The van der Waals surface area contributed by atoms with Gasteiger partial charge in [-0.05, 0) is 17.9 Å². The summed E-state index contributed by atoms with van der Waals surface area (Å²) in [5.74, 6) is -6.58. The van der Waals surface area contributed by atoms with Crippen molar-refractivity contribution in [2.24, 2.45) is 17.4 Å². The summed E-state index contributed by atoms with van der Waals surface area (Å²) in [7, 11) is 0. The minimum absolute atomic E-state index is 0.0656. The molecule has 4 amide bonds. The summed E-state index contributed by atoms with van der Waals surface area (Å²) >= 11 is 0. The van der Waals surface area contributed by atoms with Crippen LogP contribution in [0.4, 0.5) is 0 Å². The molecule has 0 aliphatic carbocycles. The molecule has 13 nitrogen and oxygen atoms in total. The summed E-state index contributed by atoms with van der Waals surface area (Å²) in [6, 6.07) is 2.77. The van der Waals surface area contributed by atoms with Gasteiger partial charge < -0.3 is 37.6 Å². The van der Waals surface area contributed by atoms with Crippen molar-refractivity contribution in [3.05, 3.63) is 35.9 Å². The fourth-order valence-electron chi connectivity index (χ4n) is 3.28. The van der Waals surface area contributed by atoms with Crippen molar-refractivity contribution >= 4 is 35.6 Å². The zero-order chi connectivity index (χ0) is 27.4. The van der Waals surface area contributed by atoms with Crippen molar-refractivity contribution in [3.63, 3.8) is 0 Å². The van der Waals surface area contributed by atoms with Crippen LogP contribution < -0.4 is 27.4 Å². The van der Waals surface area contributed by atoms with Crippen molar-refractivity contribution in [2.45, 2.75) is 63.7 Å². The van der Waals surface area contributed by atoms with E-state index in [1.54, 1.807) is 30.3 Å². The number of nitrogens with one attached hydrogen (secondary N) is 3. The summed E-state index contributed by atoms with van der Waals surface area (Å²) in [6.45, 7) is 3.66. The first-order chi connectivity index (χ1) is 16.8. The molecule has 0 spiro atoms. The minimum atomic E-state index is -1.70. The molecule has 1 rings (SSSR count). The molecule has 0 bridgehead atoms. The number of hydrogen-bond acceptors (Lipinski definition) is 7. The summed E-state index contributed by atoms with van der Waals surface area (Å²) in [5.41, 5.74) is 11.6. The van der Waals surface area contributed by atoms with Crippen LogP contribution in [0.2, 0.25) is 0 Å². The van der Waals surface area contributed by atoms with Gasteiger partial charge in [0.2, 0.25) is 23.6 Å². The molecule has 9 N–H and O–H groups in total. The van der Waals surface area contributed by atoms with E-state index in [2.05, 4.69) is 16.0 Å². The quantitative estimate of drug-likeness (QED) is 0.146. The number of nitrogens with two attached hydrogens (primary N) is 2. The van der Waals surface area contributed by atoms with Gasteiger partial charge in [-0.15, -0.1) is 0 Å². The number of amides is 4. The molecule has 1 aromatic carbocycles. The Morgan fingerprint density at radius 3 is 1.78 bits per heavy atom. The van der Waals surface area contributed by atoms with Crippen LogP contribution in [0.25, 0.3) is 0 Å². The third-order valence-corrected chi connectivity index (χ3v) is 5.01. The van der Waals surface area contributed by atoms with Gasteiger partial charge in [0.1, 0.15) is 18.1 Å². The van der Waals surface area contributed by atoms with E-state index in [4.69, 9.17) is 11.5 Å². The minimum Gasteiger partial charge on any atom is -0.481 e. The smallest absolute Gasteiger partial charge is 0.326 e. The van der Waals surface area contributed by atoms with Gasteiger partial charge in [-0.3, -0.25) is 24.0 Å². The predicted molar refractivity (Wildman–Crippen MR) is 127 cm³/mol. The number of benzene rings is 1. The molecule has 4 unspecified atom stereocenters. The fourth-order valence-corrected chi connectivity index (χ4v) is 3.28. The van der Waals surface area contributed by atoms with E-state index in [1.165, 1.54) is 0 Å². The molecule has 36 heavy (non-hydrogen) atoms. The first-order valence-corrected chi connectivity index (χ1v) is 11.2. The SMILES string of the molecule is CC(C)CC(N)C(=O)NC(CC(N)=O)C(=O)NC(CC(=O)O)C(=O)NC(Cc1ccccc1)C(=O)O. The third-order valence-electron chi connectivity index (χ3n) is 5.01. The van der Waals surface area contributed by atoms with Crippen molar-refractivity contribution in [2.75, 3.05) is 0 Å². The lowest BCUT2D eigenvalue weighted by molar-refractivity contribution is -0.143. The highest BCUT2D eigenvalue weighted by Crippen LogP contribution is 2.06. The van der Waals surface area contributed by atoms with Gasteiger partial charge in [0.15, 0.2) is 0 Å². The predicted octanol–water partition coefficient (Wildman–Crippen LogP) is -1.51. The maximum Gasteiger partial charge on any atom is 0.326 e. The summed E-state index contributed by atoms with van der Waals surface area (Å²) in [4.78, 5) is 72.4. The molecule has 0 aliphatic rings. The molecule has 0 aromatic heterocycles. The van der Waals surface area contributed by atoms with Crippen LogP contribution in [-0.4, -0.2) is 69.9 Å². The summed E-state index contributed by atoms with van der Waals surface area (Å²) < 4.78 is 0. The van der Waals surface area contributed by atoms with Crippen molar-refractivity contribution < 1.29 is 39.0 Å². The molecule has 0 fully saturated rings. The molecule has 0 heterocycles. The standard InChI is InChI=1S/C23H33N5O8/c1-12(2)8-14(24)20(32)26-15(10-18(25)29)21(33)27-16(11-19(30)31)22(34)28-17(23(35)36)9-13-6-4-3-5-7-13/h3-7,12,14-17H,8-11,24H2,1-2H3,(H2,25,29)(H,26,32)(H,27,33)(H,28,34)(H,30,31)(H,35,36). The number of aliphatic carboxylic acids is 2. The number of carboxylic acids is 2. The van der Waals surface area contributed by atoms with Gasteiger partial charge in [-0.25, -0.2) is 4.79 Å². The van der Waals surface area contributed by atoms with Crippen LogP contribution in [0.3, 0.4) is 0 Å². The second-order valence-corrected chi connectivity index (χ2v) is 8.72. The number of carboxylic acid groups (broad SMARTS) is 2. The number of rotatable bonds is 15. The molecular formula is C23H33N5O8. The lowest BCUT2D eigenvalue weighted by Gasteiger charge is -2.24. The molecule has 0 saturated heterocycles. The van der Waals surface area contributed by atoms with Gasteiger partial charge in [0.25, 0.3) is 0 Å². The summed E-state index contributed by atoms with van der Waals surface area (Å²) in [5, 5.41) is 25.4. The van der Waals surface area contributed by atoms with Crippen molar-refractivity contribution in [1.82, 2.24) is 16.0 Å². The molecule has 13 heteroatoms. The second kappa shape index (κ2) is 14.4. The molecule has 4 atom stereocenters. The molecular weight excluding hydrogens is 474 g/mol. The van der Waals surface area contributed by atoms with Gasteiger partial charge >= 0.3 is 11.9 Å². The maximum atomic E-state index is 12.8. The Hall–Kier alpha value is -4.00. The molecule has 1 aromatic rings. The Morgan fingerprint density at radius 2 is 1.31 bits per heavy atom. The third kappa shape index (κ3) is 11.0. The Kier molecular flexibility index (Phi) is 12.0. The average molecular weight is 508 g/mol. The van der Waals surface area contributed by atoms with E-state index in [-0.39, 0.29) is 12.3 Å². The molecule has 0 saturated carbocycles. The average Bonchev–Trinajstić information content (AvgIpc) is 2.77. The van der Waals surface area contributed by atoms with Crippen LogP contribution >= 0.6 is 0 Å². The topological polar surface area (TPSA) is 231 Å². The Labute approximate surface area is 208 Å². The van der Waals surface area contributed by atoms with Gasteiger partial charge in [0.05, 0.1) is 18.9 Å². The highest BCUT2D eigenvalue weighted by atomic mass is 16.4. The van der Waals surface area contributed by atoms with Crippen molar-refractivity contribution in [1.29, 1.82) is 0 Å². The number of hydrogen-bond donors (Lipinski definition) is 7. The van der Waals surface area contributed by atoms with E-state index in [1.807, 2.05) is 13.8 Å². The lowest BCUT2D eigenvalue weighted by Crippen LogP contribution is -2.58. The Balaban J connectivity index is 3.01. The van der Waals surface area contributed by atoms with Crippen LogP contribution in [0.1, 0.15) is 38.7 Å². The highest BCUT2D eigenvalue weighted by Gasteiger charge is 2.32. The Bertz CT molecular complexity index is 953. The monoisotopic (exact) mass is 507 g/mol. The number of carbonyl (C=O) groups is 6. The largest absolute Gasteiger partial charge is 0.481 e. The molecule has 0 radical (unpaired) electrons. The van der Waals surface area contributed by atoms with E-state index < -0.39 is 72.6 Å². The summed E-state index contributed by atoms with van der Waals surface area (Å²) in [6.07, 6.45) is -1.33. The van der Waals surface area contributed by atoms with Crippen LogP contribution in [0, 0.1) is 5.92 Å². The zero-order valence-electron chi connectivity index (χ0n) is 20.1. The lowest BCUT2D eigenvalue weighted by atomic mass is 10.0. The molecule has 0 aliphatic heterocycles. The van der Waals surface area contributed by atoms with Crippen molar-refractivity contribution in [3.8, 4) is 0 Å². The van der Waals surface area contributed by atoms with Crippen LogP contribution in [-0.2, 0) is 35.2 Å². The van der Waals surface area contributed by atoms with E-state index in [0.717, 1.165) is 0 Å². The van der Waals surface area contributed by atoms with E-state index in [0.29, 0.717) is 12.0 Å². The van der Waals surface area contributed by atoms with E-state index >= 15 is 0 Å². The van der Waals surface area contributed by atoms with Gasteiger partial charge in [0, 0.05) is 6.42 Å². The second-order valence-electron chi connectivity index (χ2n) is 8.72. The van der Waals surface area contributed by atoms with Crippen LogP contribution in [0.15, 0.2) is 30.3 Å². The van der Waals surface area contributed by atoms with E-state index in [9.17, 15) is 39.0 Å². The first kappa shape index (κ1) is 30.0. The number of primary amides is 1. The highest BCUT2D eigenvalue weighted by molar-refractivity contribution is 5.97. The zero-order valence-corrected chi connectivity index (χ0v) is 20.1.